The number of nitrogens with zero attached hydrogens (tertiary/aromatic N) is 1. The number of thiol groups is 1. The lowest BCUT2D eigenvalue weighted by atomic mass is 10.3. The zero-order valence-corrected chi connectivity index (χ0v) is 10.4. The van der Waals surface area contributed by atoms with Gasteiger partial charge in [-0.15, -0.1) is 0 Å². The maximum Gasteiger partial charge on any atom is 0.236 e. The molecule has 0 aliphatic rings. The third-order valence-electron chi connectivity index (χ3n) is 1.53. The summed E-state index contributed by atoms with van der Waals surface area (Å²) in [4.78, 5) is 9.99. The molecule has 88 valence electrons. The van der Waals surface area contributed by atoms with Crippen molar-refractivity contribution in [1.29, 1.82) is 0 Å². The van der Waals surface area contributed by atoms with Gasteiger partial charge in [-0.3, -0.25) is 10.1 Å². The first kappa shape index (κ1) is 14.8. The lowest BCUT2D eigenvalue weighted by molar-refractivity contribution is -0.462. The summed E-state index contributed by atoms with van der Waals surface area (Å²) < 4.78 is 10.5. The van der Waals surface area contributed by atoms with Crippen LogP contribution in [0.4, 0.5) is 0 Å². The Bertz CT molecular complexity index is 219. The summed E-state index contributed by atoms with van der Waals surface area (Å²) in [7, 11) is 0. The van der Waals surface area contributed by atoms with Gasteiger partial charge >= 0.3 is 0 Å². The minimum atomic E-state index is -0.615. The molecule has 0 saturated carbocycles. The standard InChI is InChI=1S/C8H15NO4S2/c1-3-12-8(13-4-2)7(15)6(14)5-9(10)11/h7-8,15H,3-5H2,1-2H3. The van der Waals surface area contributed by atoms with Gasteiger partial charge in [-0.25, -0.2) is 0 Å². The smallest absolute Gasteiger partial charge is 0.236 e. The van der Waals surface area contributed by atoms with E-state index in [2.05, 4.69) is 12.6 Å². The molecule has 0 rings (SSSR count). The van der Waals surface area contributed by atoms with E-state index in [1.807, 2.05) is 13.8 Å². The van der Waals surface area contributed by atoms with Gasteiger partial charge in [0.25, 0.3) is 0 Å². The molecule has 1 atom stereocenters. The first-order valence-corrected chi connectivity index (χ1v) is 5.51. The molecule has 0 heterocycles. The Labute approximate surface area is 99.7 Å². The van der Waals surface area contributed by atoms with E-state index in [1.54, 1.807) is 0 Å². The fourth-order valence-corrected chi connectivity index (χ4v) is 1.40. The first-order valence-electron chi connectivity index (χ1n) is 4.58. The minimum absolute atomic E-state index is 0.218. The second-order valence-electron chi connectivity index (χ2n) is 2.68. The zero-order chi connectivity index (χ0) is 11.8. The van der Waals surface area contributed by atoms with Crippen molar-refractivity contribution < 1.29 is 14.4 Å². The molecule has 0 amide bonds. The summed E-state index contributed by atoms with van der Waals surface area (Å²) in [5, 5.41) is 9.70. The first-order chi connectivity index (χ1) is 7.02. The lowest BCUT2D eigenvalue weighted by Crippen LogP contribution is -2.36. The van der Waals surface area contributed by atoms with E-state index in [-0.39, 0.29) is 11.4 Å². The number of nitro groups is 1. The maximum atomic E-state index is 10.3. The Morgan fingerprint density at radius 3 is 2.27 bits per heavy atom. The van der Waals surface area contributed by atoms with Crippen LogP contribution in [-0.2, 0) is 9.47 Å². The molecule has 7 heteroatoms. The van der Waals surface area contributed by atoms with Crippen LogP contribution in [0.5, 0.6) is 0 Å². The largest absolute Gasteiger partial charge is 0.351 e. The monoisotopic (exact) mass is 253 g/mol. The second kappa shape index (κ2) is 7.98. The highest BCUT2D eigenvalue weighted by Gasteiger charge is 2.25. The molecule has 0 aliphatic carbocycles. The molecule has 0 aromatic rings. The fourth-order valence-electron chi connectivity index (χ4n) is 0.931. The molecule has 0 fully saturated rings. The van der Waals surface area contributed by atoms with Gasteiger partial charge in [0.2, 0.25) is 6.54 Å². The van der Waals surface area contributed by atoms with E-state index in [4.69, 9.17) is 21.7 Å². The molecule has 0 aliphatic heterocycles. The molecule has 5 nitrogen and oxygen atoms in total. The molecule has 15 heavy (non-hydrogen) atoms. The molecular formula is C8H15NO4S2. The van der Waals surface area contributed by atoms with Crippen LogP contribution >= 0.6 is 24.8 Å². The topological polar surface area (TPSA) is 61.6 Å². The van der Waals surface area contributed by atoms with E-state index in [9.17, 15) is 10.1 Å². The van der Waals surface area contributed by atoms with Gasteiger partial charge in [-0.05, 0) is 13.8 Å². The van der Waals surface area contributed by atoms with Crippen molar-refractivity contribution in [2.75, 3.05) is 19.8 Å². The highest BCUT2D eigenvalue weighted by molar-refractivity contribution is 7.86. The number of hydrogen-bond acceptors (Lipinski definition) is 6. The van der Waals surface area contributed by atoms with Gasteiger partial charge in [-0.2, -0.15) is 12.6 Å². The van der Waals surface area contributed by atoms with Crippen LogP contribution in [0.25, 0.3) is 0 Å². The maximum absolute atomic E-state index is 10.3. The Hall–Kier alpha value is -0.240. The Kier molecular flexibility index (Phi) is 7.85. The van der Waals surface area contributed by atoms with Gasteiger partial charge in [0, 0.05) is 18.1 Å². The van der Waals surface area contributed by atoms with Crippen LogP contribution in [0.15, 0.2) is 0 Å². The fraction of sp³-hybridized carbons (Fsp3) is 0.875. The normalized spacial score (nSPS) is 12.8. The predicted octanol–water partition coefficient (Wildman–Crippen LogP) is 1.33. The highest BCUT2D eigenvalue weighted by atomic mass is 32.1. The summed E-state index contributed by atoms with van der Waals surface area (Å²) in [5.41, 5.74) is 0. The third kappa shape index (κ3) is 6.03. The zero-order valence-electron chi connectivity index (χ0n) is 8.71. The van der Waals surface area contributed by atoms with Crippen LogP contribution in [-0.4, -0.2) is 41.1 Å². The van der Waals surface area contributed by atoms with Crippen LogP contribution in [0.3, 0.4) is 0 Å². The van der Waals surface area contributed by atoms with E-state index in [0.29, 0.717) is 13.2 Å². The van der Waals surface area contributed by atoms with Crippen LogP contribution in [0.1, 0.15) is 13.8 Å². The molecule has 0 radical (unpaired) electrons. The Morgan fingerprint density at radius 1 is 1.47 bits per heavy atom. The lowest BCUT2D eigenvalue weighted by Gasteiger charge is -2.22. The van der Waals surface area contributed by atoms with Crippen LogP contribution in [0.2, 0.25) is 0 Å². The quantitative estimate of drug-likeness (QED) is 0.232. The van der Waals surface area contributed by atoms with Crippen molar-refractivity contribution in [3.63, 3.8) is 0 Å². The number of thiocarbonyl (C=S) groups is 1. The third-order valence-corrected chi connectivity index (χ3v) is 2.65. The molecule has 0 aromatic carbocycles. The van der Waals surface area contributed by atoms with Crippen molar-refractivity contribution in [3.05, 3.63) is 10.1 Å². The molecular weight excluding hydrogens is 238 g/mol. The summed E-state index contributed by atoms with van der Waals surface area (Å²) >= 11 is 9.05. The summed E-state index contributed by atoms with van der Waals surface area (Å²) in [6, 6.07) is 0. The second-order valence-corrected chi connectivity index (χ2v) is 3.76. The van der Waals surface area contributed by atoms with Gasteiger partial charge in [0.15, 0.2) is 6.29 Å². The van der Waals surface area contributed by atoms with Crippen LogP contribution in [0, 0.1) is 10.1 Å². The molecule has 0 aromatic heterocycles. The molecule has 1 unspecified atom stereocenters. The molecule has 0 bridgehead atoms. The number of ether oxygens (including phenoxy) is 2. The molecule has 0 saturated heterocycles. The Morgan fingerprint density at radius 2 is 1.93 bits per heavy atom. The molecule has 0 spiro atoms. The predicted molar refractivity (Wildman–Crippen MR) is 64.3 cm³/mol. The molecule has 0 N–H and O–H groups in total. The van der Waals surface area contributed by atoms with Gasteiger partial charge in [0.05, 0.1) is 10.1 Å². The van der Waals surface area contributed by atoms with Gasteiger partial charge in [-0.1, -0.05) is 12.2 Å². The number of hydrogen-bond donors (Lipinski definition) is 1. The van der Waals surface area contributed by atoms with E-state index >= 15 is 0 Å². The average molecular weight is 253 g/mol. The SMILES string of the molecule is CCOC(OCC)C(S)C(=S)C[N+](=O)[O-]. The summed E-state index contributed by atoms with van der Waals surface area (Å²) in [5.74, 6) is 0. The Balaban J connectivity index is 4.26. The van der Waals surface area contributed by atoms with Crippen molar-refractivity contribution in [1.82, 2.24) is 0 Å². The average Bonchev–Trinajstić information content (AvgIpc) is 2.15. The van der Waals surface area contributed by atoms with Gasteiger partial charge < -0.3 is 9.47 Å². The van der Waals surface area contributed by atoms with E-state index in [1.165, 1.54) is 0 Å². The minimum Gasteiger partial charge on any atom is -0.351 e. The highest BCUT2D eigenvalue weighted by Crippen LogP contribution is 2.11. The van der Waals surface area contributed by atoms with Gasteiger partial charge in [0.1, 0.15) is 0 Å². The van der Waals surface area contributed by atoms with E-state index < -0.39 is 16.5 Å². The van der Waals surface area contributed by atoms with Crippen molar-refractivity contribution in [3.8, 4) is 0 Å². The van der Waals surface area contributed by atoms with Crippen molar-refractivity contribution in [2.45, 2.75) is 25.4 Å². The number of rotatable bonds is 8. The van der Waals surface area contributed by atoms with E-state index in [0.717, 1.165) is 0 Å². The van der Waals surface area contributed by atoms with Crippen LogP contribution < -0.4 is 0 Å². The van der Waals surface area contributed by atoms with Crippen molar-refractivity contribution >= 4 is 29.7 Å². The summed E-state index contributed by atoms with van der Waals surface area (Å²) in [6.45, 7) is 4.12. The summed E-state index contributed by atoms with van der Waals surface area (Å²) in [6.07, 6.45) is -0.615. The van der Waals surface area contributed by atoms with Crippen molar-refractivity contribution in [2.24, 2.45) is 0 Å².